The summed E-state index contributed by atoms with van der Waals surface area (Å²) in [5.41, 5.74) is 0. The Kier molecular flexibility index (Phi) is 4.77. The van der Waals surface area contributed by atoms with Gasteiger partial charge in [0.25, 0.3) is 0 Å². The van der Waals surface area contributed by atoms with Crippen LogP contribution in [0, 0.1) is 60.7 Å². The third kappa shape index (κ3) is 4.36. The van der Waals surface area contributed by atoms with Crippen LogP contribution in [-0.2, 0) is 23.2 Å². The monoisotopic (exact) mass is 446 g/mol. The van der Waals surface area contributed by atoms with Crippen molar-refractivity contribution in [3.63, 3.8) is 0 Å². The Morgan fingerprint density at radius 2 is 0.520 bits per heavy atom. The van der Waals surface area contributed by atoms with Gasteiger partial charge in [-0.15, -0.1) is 0 Å². The molecule has 0 fully saturated rings. The standard InChI is InChI=1S/GeN6O18/c8-2(9)20-1(21-3(10)11,22-4(12)13,23-5(14)15,24-6(16)17)25-7(18)19/q-2. The van der Waals surface area contributed by atoms with E-state index in [0.29, 0.717) is 0 Å². The van der Waals surface area contributed by atoms with Crippen LogP contribution >= 0.6 is 0 Å². The van der Waals surface area contributed by atoms with E-state index in [1.165, 1.54) is 0 Å². The zero-order chi connectivity index (χ0) is 20.1. The zero-order valence-corrected chi connectivity index (χ0v) is 12.6. The van der Waals surface area contributed by atoms with Gasteiger partial charge in [-0.3, -0.25) is 0 Å². The Balaban J connectivity index is 7.34. The van der Waals surface area contributed by atoms with Gasteiger partial charge < -0.3 is 0 Å². The number of rotatable bonds is 12. The van der Waals surface area contributed by atoms with Gasteiger partial charge in [-0.1, -0.05) is 0 Å². The first-order valence-electron chi connectivity index (χ1n) is 4.51. The fraction of sp³-hybridized carbons (Fsp3) is 0. The van der Waals surface area contributed by atoms with Crippen molar-refractivity contribution < 1.29 is 53.7 Å². The molecule has 0 atom stereocenters. The van der Waals surface area contributed by atoms with E-state index in [1.807, 2.05) is 0 Å². The van der Waals surface area contributed by atoms with Crippen LogP contribution in [-0.4, -0.2) is 43.6 Å². The van der Waals surface area contributed by atoms with Gasteiger partial charge in [0.15, 0.2) is 0 Å². The topological polar surface area (TPSA) is 314 Å². The number of hydrogen-bond donors (Lipinski definition) is 0. The van der Waals surface area contributed by atoms with Gasteiger partial charge in [0.2, 0.25) is 0 Å². The summed E-state index contributed by atoms with van der Waals surface area (Å²) in [5.74, 6) is 0. The van der Waals surface area contributed by atoms with Gasteiger partial charge in [-0.2, -0.15) is 0 Å². The maximum atomic E-state index is 10.4. The average molecular weight is 445 g/mol. The zero-order valence-electron chi connectivity index (χ0n) is 10.5. The summed E-state index contributed by atoms with van der Waals surface area (Å²) in [6.45, 7) is 0. The van der Waals surface area contributed by atoms with E-state index in [1.54, 1.807) is 0 Å². The van der Waals surface area contributed by atoms with Crippen molar-refractivity contribution >= 4 is 13.1 Å². The summed E-state index contributed by atoms with van der Waals surface area (Å²) in [6, 6.07) is 0. The normalized spacial score (nSPS) is 13.0. The summed E-state index contributed by atoms with van der Waals surface area (Å²) in [6.07, 6.45) is 0. The summed E-state index contributed by atoms with van der Waals surface area (Å²) >= 11 is -10.5. The predicted molar refractivity (Wildman–Crippen MR) is 54.2 cm³/mol. The molecule has 0 aromatic heterocycles. The molecule has 0 radical (unpaired) electrons. The van der Waals surface area contributed by atoms with Crippen LogP contribution in [0.2, 0.25) is 0 Å². The molecule has 0 saturated heterocycles. The summed E-state index contributed by atoms with van der Waals surface area (Å²) < 4.78 is 17.7. The van der Waals surface area contributed by atoms with Crippen molar-refractivity contribution in [2.24, 2.45) is 0 Å². The number of nitrogens with zero attached hydrogens (tertiary/aromatic N) is 6. The van der Waals surface area contributed by atoms with Gasteiger partial charge in [0, 0.05) is 0 Å². The van der Waals surface area contributed by atoms with E-state index in [9.17, 15) is 60.7 Å². The molecule has 0 aliphatic rings. The quantitative estimate of drug-likeness (QED) is 0.171. The Morgan fingerprint density at radius 3 is 0.600 bits per heavy atom. The molecular weight excluding hydrogens is 445 g/mol. The second-order valence-electron chi connectivity index (χ2n) is 3.14. The van der Waals surface area contributed by atoms with Crippen LogP contribution in [0.5, 0.6) is 0 Å². The first-order valence-corrected chi connectivity index (χ1v) is 9.65. The van der Waals surface area contributed by atoms with Crippen molar-refractivity contribution in [2.75, 3.05) is 0 Å². The van der Waals surface area contributed by atoms with Crippen LogP contribution in [0.25, 0.3) is 0 Å². The molecule has 25 heavy (non-hydrogen) atoms. The molecule has 0 aromatic carbocycles. The summed E-state index contributed by atoms with van der Waals surface area (Å²) in [7, 11) is 0. The van der Waals surface area contributed by atoms with E-state index in [0.717, 1.165) is 0 Å². The second-order valence-corrected chi connectivity index (χ2v) is 10.7. The molecule has 0 rings (SSSR count). The molecule has 24 nitrogen and oxygen atoms in total. The van der Waals surface area contributed by atoms with Gasteiger partial charge in [-0.05, 0) is 0 Å². The van der Waals surface area contributed by atoms with E-state index in [4.69, 9.17) is 0 Å². The van der Waals surface area contributed by atoms with Crippen molar-refractivity contribution in [3.05, 3.63) is 60.7 Å². The maximum absolute atomic E-state index is 10.5. The van der Waals surface area contributed by atoms with E-state index < -0.39 is 43.6 Å². The summed E-state index contributed by atoms with van der Waals surface area (Å²) in [5, 5.41) is 47.4. The van der Waals surface area contributed by atoms with Crippen LogP contribution in [0.3, 0.4) is 0 Å². The van der Waals surface area contributed by atoms with Crippen LogP contribution in [0.4, 0.5) is 0 Å². The average Bonchev–Trinajstić information content (AvgIpc) is 2.18. The molecule has 0 spiro atoms. The molecule has 144 valence electrons. The minimum absolute atomic E-state index is 2.55. The molecule has 0 heterocycles. The number of hydrogen-bond acceptors (Lipinski definition) is 18. The molecule has 0 N–H and O–H groups in total. The molecule has 0 aliphatic carbocycles. The Labute approximate surface area is 128 Å². The van der Waals surface area contributed by atoms with Crippen molar-refractivity contribution in [1.82, 2.24) is 0 Å². The molecule has 0 amide bonds. The molecule has 0 aliphatic heterocycles. The van der Waals surface area contributed by atoms with E-state index in [2.05, 4.69) is 23.2 Å². The van der Waals surface area contributed by atoms with Gasteiger partial charge in [-0.25, -0.2) is 0 Å². The van der Waals surface area contributed by atoms with E-state index >= 15 is 0 Å². The second kappa shape index (κ2) is 5.75. The van der Waals surface area contributed by atoms with Gasteiger partial charge in [0.05, 0.1) is 0 Å². The van der Waals surface area contributed by atoms with Crippen LogP contribution < -0.4 is 0 Å². The third-order valence-corrected chi connectivity index (χ3v) is 8.13. The van der Waals surface area contributed by atoms with Crippen molar-refractivity contribution in [2.45, 2.75) is 0 Å². The van der Waals surface area contributed by atoms with Crippen LogP contribution in [0.1, 0.15) is 0 Å². The minimum atomic E-state index is -10.5. The Morgan fingerprint density at radius 1 is 0.400 bits per heavy atom. The van der Waals surface area contributed by atoms with Gasteiger partial charge in [0.1, 0.15) is 0 Å². The summed E-state index contributed by atoms with van der Waals surface area (Å²) in [4.78, 5) is 62.7. The molecule has 25 heteroatoms. The van der Waals surface area contributed by atoms with Crippen molar-refractivity contribution in [3.8, 4) is 0 Å². The molecule has 0 aromatic rings. The Bertz CT molecular complexity index is 499. The van der Waals surface area contributed by atoms with Crippen molar-refractivity contribution in [1.29, 1.82) is 0 Å². The van der Waals surface area contributed by atoms with Gasteiger partial charge >= 0.3 is 128 Å². The SMILES string of the molecule is O=[N+]([O-])[O][Ge-2]([O][N+](=O)[O-])([O][N+](=O)[O-])([O][N+](=O)[O-])([O][N+](=O)[O-])[O][N+](=O)[O-]. The first-order chi connectivity index (χ1) is 11.1. The molecule has 0 unspecified atom stereocenters. The van der Waals surface area contributed by atoms with Crippen LogP contribution in [0.15, 0.2) is 0 Å². The fourth-order valence-corrected chi connectivity index (χ4v) is 6.04. The molecule has 0 saturated carbocycles. The van der Waals surface area contributed by atoms with E-state index in [-0.39, 0.29) is 0 Å². The predicted octanol–water partition coefficient (Wildman–Crippen LogP) is -2.43. The fourth-order valence-electron chi connectivity index (χ4n) is 1.16. The third-order valence-electron chi connectivity index (χ3n) is 1.57. The molecule has 0 bridgehead atoms. The molecular formula is GeN6O18-2. The first kappa shape index (κ1) is 20.7. The Hall–Kier alpha value is -4.26.